The smallest absolute Gasteiger partial charge is 0.131 e. The number of H-pyrrole nitrogens is 1. The van der Waals surface area contributed by atoms with Crippen LogP contribution in [0.5, 0.6) is 17.2 Å². The average Bonchev–Trinajstić information content (AvgIpc) is 2.99. The van der Waals surface area contributed by atoms with Crippen LogP contribution in [0.15, 0.2) is 24.5 Å². The number of nitrogens with zero attached hydrogens (tertiary/aromatic N) is 1. The Bertz CT molecular complexity index is 515. The van der Waals surface area contributed by atoms with E-state index in [-0.39, 0.29) is 0 Å². The molecular weight excluding hydrogens is 246 g/mol. The highest BCUT2D eigenvalue weighted by molar-refractivity contribution is 5.53. The highest BCUT2D eigenvalue weighted by atomic mass is 16.5. The molecule has 0 aliphatic carbocycles. The van der Waals surface area contributed by atoms with Crippen LogP contribution in [-0.2, 0) is 0 Å². The van der Waals surface area contributed by atoms with Crippen molar-refractivity contribution >= 4 is 0 Å². The minimum atomic E-state index is -0.467. The largest absolute Gasteiger partial charge is 0.496 e. The predicted octanol–water partition coefficient (Wildman–Crippen LogP) is 1.48. The summed E-state index contributed by atoms with van der Waals surface area (Å²) >= 11 is 0. The standard InChI is InChI=1S/C13H17N3O3/c1-17-8-6-9(18-2)11(10(7-8)19-3)12(14)13-15-4-5-16-13/h4-7,12H,14H2,1-3H3,(H,15,16). The van der Waals surface area contributed by atoms with Crippen LogP contribution >= 0.6 is 0 Å². The van der Waals surface area contributed by atoms with E-state index in [1.807, 2.05) is 0 Å². The van der Waals surface area contributed by atoms with Gasteiger partial charge in [-0.05, 0) is 0 Å². The van der Waals surface area contributed by atoms with Crippen molar-refractivity contribution in [1.82, 2.24) is 9.97 Å². The number of hydrogen-bond acceptors (Lipinski definition) is 5. The molecule has 2 rings (SSSR count). The van der Waals surface area contributed by atoms with Crippen molar-refractivity contribution in [2.45, 2.75) is 6.04 Å². The molecule has 3 N–H and O–H groups in total. The Labute approximate surface area is 111 Å². The molecule has 0 saturated carbocycles. The van der Waals surface area contributed by atoms with Gasteiger partial charge in [-0.1, -0.05) is 0 Å². The van der Waals surface area contributed by atoms with Crippen LogP contribution in [0.2, 0.25) is 0 Å². The van der Waals surface area contributed by atoms with Crippen LogP contribution in [0.1, 0.15) is 17.4 Å². The summed E-state index contributed by atoms with van der Waals surface area (Å²) in [5.41, 5.74) is 6.93. The van der Waals surface area contributed by atoms with Gasteiger partial charge in [-0.3, -0.25) is 0 Å². The molecule has 1 aromatic carbocycles. The molecule has 0 bridgehead atoms. The number of nitrogens with two attached hydrogens (primary N) is 1. The molecule has 0 aliphatic rings. The van der Waals surface area contributed by atoms with Gasteiger partial charge in [0.1, 0.15) is 23.1 Å². The molecule has 0 fully saturated rings. The van der Waals surface area contributed by atoms with E-state index in [2.05, 4.69) is 9.97 Å². The Balaban J connectivity index is 2.54. The topological polar surface area (TPSA) is 82.4 Å². The summed E-state index contributed by atoms with van der Waals surface area (Å²) in [5, 5.41) is 0. The average molecular weight is 263 g/mol. The summed E-state index contributed by atoms with van der Waals surface area (Å²) in [6.07, 6.45) is 3.37. The maximum Gasteiger partial charge on any atom is 0.131 e. The summed E-state index contributed by atoms with van der Waals surface area (Å²) < 4.78 is 15.9. The number of aromatic nitrogens is 2. The van der Waals surface area contributed by atoms with E-state index in [9.17, 15) is 0 Å². The SMILES string of the molecule is COc1cc(OC)c(C(N)c2ncc[nH]2)c(OC)c1. The van der Waals surface area contributed by atoms with Crippen molar-refractivity contribution in [3.63, 3.8) is 0 Å². The third kappa shape index (κ3) is 2.48. The lowest BCUT2D eigenvalue weighted by atomic mass is 10.0. The lowest BCUT2D eigenvalue weighted by Crippen LogP contribution is -2.16. The fourth-order valence-electron chi connectivity index (χ4n) is 1.92. The van der Waals surface area contributed by atoms with Crippen LogP contribution < -0.4 is 19.9 Å². The van der Waals surface area contributed by atoms with E-state index in [4.69, 9.17) is 19.9 Å². The Morgan fingerprint density at radius 2 is 1.74 bits per heavy atom. The molecule has 1 aromatic heterocycles. The van der Waals surface area contributed by atoms with Crippen molar-refractivity contribution in [3.05, 3.63) is 35.9 Å². The van der Waals surface area contributed by atoms with Crippen molar-refractivity contribution in [2.24, 2.45) is 5.73 Å². The van der Waals surface area contributed by atoms with Gasteiger partial charge < -0.3 is 24.9 Å². The number of hydrogen-bond donors (Lipinski definition) is 2. The molecule has 6 heteroatoms. The maximum absolute atomic E-state index is 6.21. The van der Waals surface area contributed by atoms with Crippen LogP contribution in [-0.4, -0.2) is 31.3 Å². The van der Waals surface area contributed by atoms with Crippen LogP contribution in [0, 0.1) is 0 Å². The van der Waals surface area contributed by atoms with Crippen molar-refractivity contribution in [1.29, 1.82) is 0 Å². The number of benzene rings is 1. The minimum absolute atomic E-state index is 0.467. The van der Waals surface area contributed by atoms with Crippen LogP contribution in [0.3, 0.4) is 0 Å². The quantitative estimate of drug-likeness (QED) is 0.854. The van der Waals surface area contributed by atoms with E-state index in [0.29, 0.717) is 23.1 Å². The number of nitrogens with one attached hydrogen (secondary N) is 1. The molecular formula is C13H17N3O3. The third-order valence-corrected chi connectivity index (χ3v) is 2.88. The molecule has 0 saturated heterocycles. The monoisotopic (exact) mass is 263 g/mol. The van der Waals surface area contributed by atoms with Gasteiger partial charge in [-0.15, -0.1) is 0 Å². The zero-order valence-corrected chi connectivity index (χ0v) is 11.1. The second kappa shape index (κ2) is 5.62. The number of imidazole rings is 1. The summed E-state index contributed by atoms with van der Waals surface area (Å²) in [4.78, 5) is 7.15. The predicted molar refractivity (Wildman–Crippen MR) is 70.7 cm³/mol. The normalized spacial score (nSPS) is 12.0. The van der Waals surface area contributed by atoms with E-state index < -0.39 is 6.04 Å². The second-order valence-corrected chi connectivity index (χ2v) is 3.90. The first-order valence-corrected chi connectivity index (χ1v) is 5.76. The Morgan fingerprint density at radius 3 is 2.16 bits per heavy atom. The van der Waals surface area contributed by atoms with E-state index >= 15 is 0 Å². The van der Waals surface area contributed by atoms with Crippen molar-refractivity contribution < 1.29 is 14.2 Å². The number of aromatic amines is 1. The van der Waals surface area contributed by atoms with E-state index in [1.54, 1.807) is 45.9 Å². The third-order valence-electron chi connectivity index (χ3n) is 2.88. The molecule has 1 atom stereocenters. The highest BCUT2D eigenvalue weighted by Gasteiger charge is 2.22. The first kappa shape index (κ1) is 13.2. The molecule has 0 spiro atoms. The van der Waals surface area contributed by atoms with Gasteiger partial charge in [0, 0.05) is 24.5 Å². The number of methoxy groups -OCH3 is 3. The van der Waals surface area contributed by atoms with Crippen LogP contribution in [0.4, 0.5) is 0 Å². The second-order valence-electron chi connectivity index (χ2n) is 3.90. The molecule has 2 aromatic rings. The first-order valence-electron chi connectivity index (χ1n) is 5.76. The van der Waals surface area contributed by atoms with Gasteiger partial charge in [0.15, 0.2) is 0 Å². The molecule has 6 nitrogen and oxygen atoms in total. The molecule has 19 heavy (non-hydrogen) atoms. The van der Waals surface area contributed by atoms with Gasteiger partial charge in [0.25, 0.3) is 0 Å². The first-order chi connectivity index (χ1) is 9.21. The zero-order valence-electron chi connectivity index (χ0n) is 11.1. The maximum atomic E-state index is 6.21. The van der Waals surface area contributed by atoms with Gasteiger partial charge in [0.05, 0.1) is 32.9 Å². The van der Waals surface area contributed by atoms with E-state index in [1.165, 1.54) is 0 Å². The zero-order chi connectivity index (χ0) is 13.8. The van der Waals surface area contributed by atoms with E-state index in [0.717, 1.165) is 5.56 Å². The molecule has 1 heterocycles. The van der Waals surface area contributed by atoms with Crippen LogP contribution in [0.25, 0.3) is 0 Å². The summed E-state index contributed by atoms with van der Waals surface area (Å²) in [6.45, 7) is 0. The van der Waals surface area contributed by atoms with Gasteiger partial charge in [-0.25, -0.2) is 4.98 Å². The summed E-state index contributed by atoms with van der Waals surface area (Å²) in [5.74, 6) is 2.48. The van der Waals surface area contributed by atoms with Gasteiger partial charge in [-0.2, -0.15) is 0 Å². The molecule has 0 aliphatic heterocycles. The summed E-state index contributed by atoms with van der Waals surface area (Å²) in [7, 11) is 4.74. The highest BCUT2D eigenvalue weighted by Crippen LogP contribution is 2.38. The molecule has 0 radical (unpaired) electrons. The minimum Gasteiger partial charge on any atom is -0.496 e. The Morgan fingerprint density at radius 1 is 1.11 bits per heavy atom. The van der Waals surface area contributed by atoms with Gasteiger partial charge in [0.2, 0.25) is 0 Å². The van der Waals surface area contributed by atoms with Gasteiger partial charge >= 0.3 is 0 Å². The Kier molecular flexibility index (Phi) is 3.91. The number of rotatable bonds is 5. The summed E-state index contributed by atoms with van der Waals surface area (Å²) in [6, 6.07) is 3.06. The Hall–Kier alpha value is -2.21. The lowest BCUT2D eigenvalue weighted by molar-refractivity contribution is 0.366. The lowest BCUT2D eigenvalue weighted by Gasteiger charge is -2.18. The van der Waals surface area contributed by atoms with Crippen molar-refractivity contribution in [3.8, 4) is 17.2 Å². The van der Waals surface area contributed by atoms with Crippen molar-refractivity contribution in [2.75, 3.05) is 21.3 Å². The fraction of sp³-hybridized carbons (Fsp3) is 0.308. The molecule has 1 unspecified atom stereocenters. The fourth-order valence-corrected chi connectivity index (χ4v) is 1.92. The number of ether oxygens (including phenoxy) is 3. The molecule has 102 valence electrons. The molecule has 0 amide bonds.